The van der Waals surface area contributed by atoms with Crippen LogP contribution in [0.3, 0.4) is 0 Å². The molecule has 1 aromatic carbocycles. The van der Waals surface area contributed by atoms with Crippen molar-refractivity contribution in [3.05, 3.63) is 48.3 Å². The maximum absolute atomic E-state index is 5.71. The summed E-state index contributed by atoms with van der Waals surface area (Å²) in [5.74, 6) is 1.60. The van der Waals surface area contributed by atoms with Crippen LogP contribution >= 0.6 is 0 Å². The van der Waals surface area contributed by atoms with Crippen LogP contribution in [0.2, 0.25) is 0 Å². The number of rotatable bonds is 8. The summed E-state index contributed by atoms with van der Waals surface area (Å²) in [5.41, 5.74) is 1.33. The molecule has 0 amide bonds. The fourth-order valence-corrected chi connectivity index (χ4v) is 4.90. The predicted molar refractivity (Wildman–Crippen MR) is 124 cm³/mol. The number of aromatic nitrogens is 2. The molecule has 0 unspecified atom stereocenters. The van der Waals surface area contributed by atoms with Crippen LogP contribution in [-0.2, 0) is 6.54 Å². The molecule has 2 aliphatic heterocycles. The molecule has 4 rings (SSSR count). The molecule has 2 fully saturated rings. The van der Waals surface area contributed by atoms with Crippen LogP contribution in [0.4, 0.5) is 0 Å². The van der Waals surface area contributed by atoms with Gasteiger partial charge in [0.2, 0.25) is 0 Å². The van der Waals surface area contributed by atoms with Crippen LogP contribution in [0.1, 0.15) is 38.2 Å². The number of ether oxygens (including phenoxy) is 1. The van der Waals surface area contributed by atoms with E-state index in [1.807, 2.05) is 12.1 Å². The van der Waals surface area contributed by atoms with E-state index in [4.69, 9.17) is 4.74 Å². The van der Waals surface area contributed by atoms with Gasteiger partial charge < -0.3 is 14.5 Å². The largest absolute Gasteiger partial charge is 0.424 e. The Kier molecular flexibility index (Phi) is 7.89. The van der Waals surface area contributed by atoms with Gasteiger partial charge in [-0.3, -0.25) is 4.90 Å². The molecule has 31 heavy (non-hydrogen) atoms. The van der Waals surface area contributed by atoms with E-state index in [-0.39, 0.29) is 0 Å². The third kappa shape index (κ3) is 6.48. The quantitative estimate of drug-likeness (QED) is 0.642. The highest BCUT2D eigenvalue weighted by Crippen LogP contribution is 2.25. The monoisotopic (exact) mass is 423 g/mol. The molecule has 168 valence electrons. The normalized spacial score (nSPS) is 19.7. The van der Waals surface area contributed by atoms with Crippen LogP contribution in [0.15, 0.2) is 42.7 Å². The van der Waals surface area contributed by atoms with Gasteiger partial charge in [0.1, 0.15) is 5.75 Å². The second-order valence-electron chi connectivity index (χ2n) is 9.12. The van der Waals surface area contributed by atoms with E-state index >= 15 is 0 Å². The van der Waals surface area contributed by atoms with Crippen LogP contribution in [0.5, 0.6) is 11.8 Å². The van der Waals surface area contributed by atoms with Crippen molar-refractivity contribution < 1.29 is 4.74 Å². The van der Waals surface area contributed by atoms with Gasteiger partial charge in [0.05, 0.1) is 0 Å². The molecule has 0 aliphatic carbocycles. The second-order valence-corrected chi connectivity index (χ2v) is 9.12. The van der Waals surface area contributed by atoms with Gasteiger partial charge >= 0.3 is 6.01 Å². The smallest absolute Gasteiger partial charge is 0.321 e. The number of benzene rings is 1. The molecule has 0 atom stereocenters. The number of nitrogens with zero attached hydrogens (tertiary/aromatic N) is 5. The van der Waals surface area contributed by atoms with E-state index < -0.39 is 0 Å². The number of piperidine rings is 2. The first-order valence-electron chi connectivity index (χ1n) is 11.9. The third-order valence-corrected chi connectivity index (χ3v) is 6.90. The van der Waals surface area contributed by atoms with Gasteiger partial charge in [-0.2, -0.15) is 0 Å². The molecule has 6 nitrogen and oxygen atoms in total. The maximum Gasteiger partial charge on any atom is 0.321 e. The Bertz CT molecular complexity index is 768. The van der Waals surface area contributed by atoms with E-state index in [0.29, 0.717) is 6.01 Å². The lowest BCUT2D eigenvalue weighted by Gasteiger charge is -2.41. The molecule has 6 heteroatoms. The molecular weight excluding hydrogens is 386 g/mol. The molecule has 2 aliphatic rings. The molecule has 2 saturated heterocycles. The summed E-state index contributed by atoms with van der Waals surface area (Å²) in [5, 5.41) is 0. The fourth-order valence-electron chi connectivity index (χ4n) is 4.90. The Balaban J connectivity index is 1.22. The Morgan fingerprint density at radius 3 is 2.29 bits per heavy atom. The molecule has 0 N–H and O–H groups in total. The first-order chi connectivity index (χ1) is 15.2. The third-order valence-electron chi connectivity index (χ3n) is 6.90. The Morgan fingerprint density at radius 1 is 0.968 bits per heavy atom. The Hall–Kier alpha value is -2.02. The van der Waals surface area contributed by atoms with Gasteiger partial charge in [0, 0.05) is 31.5 Å². The number of hydrogen-bond acceptors (Lipinski definition) is 6. The van der Waals surface area contributed by atoms with E-state index in [2.05, 4.69) is 50.8 Å². The Morgan fingerprint density at radius 2 is 1.65 bits per heavy atom. The van der Waals surface area contributed by atoms with Crippen molar-refractivity contribution in [1.82, 2.24) is 24.7 Å². The lowest BCUT2D eigenvalue weighted by Crippen LogP contribution is -2.47. The minimum Gasteiger partial charge on any atom is -0.424 e. The van der Waals surface area contributed by atoms with Crippen molar-refractivity contribution in [3.63, 3.8) is 0 Å². The summed E-state index contributed by atoms with van der Waals surface area (Å²) in [6, 6.07) is 11.3. The van der Waals surface area contributed by atoms with Crippen LogP contribution in [0.25, 0.3) is 0 Å². The lowest BCUT2D eigenvalue weighted by molar-refractivity contribution is 0.0746. The first-order valence-corrected chi connectivity index (χ1v) is 11.9. The minimum absolute atomic E-state index is 0.386. The van der Waals surface area contributed by atoms with Crippen LogP contribution in [-0.4, -0.2) is 77.0 Å². The summed E-state index contributed by atoms with van der Waals surface area (Å²) < 4.78 is 5.71. The molecular formula is C25H37N5O. The van der Waals surface area contributed by atoms with Crippen molar-refractivity contribution in [2.75, 3.05) is 46.3 Å². The van der Waals surface area contributed by atoms with Crippen LogP contribution < -0.4 is 4.74 Å². The maximum atomic E-state index is 5.71. The summed E-state index contributed by atoms with van der Waals surface area (Å²) in [4.78, 5) is 16.1. The van der Waals surface area contributed by atoms with Crippen molar-refractivity contribution in [2.24, 2.45) is 5.92 Å². The van der Waals surface area contributed by atoms with Gasteiger partial charge in [-0.05, 0) is 95.1 Å². The van der Waals surface area contributed by atoms with Crippen molar-refractivity contribution in [2.45, 2.75) is 45.2 Å². The van der Waals surface area contributed by atoms with Gasteiger partial charge in [-0.15, -0.1) is 0 Å². The van der Waals surface area contributed by atoms with Crippen molar-refractivity contribution >= 4 is 0 Å². The van der Waals surface area contributed by atoms with Crippen molar-refractivity contribution in [3.8, 4) is 11.8 Å². The van der Waals surface area contributed by atoms with Crippen LogP contribution in [0, 0.1) is 5.92 Å². The van der Waals surface area contributed by atoms with Gasteiger partial charge in [-0.25, -0.2) is 9.97 Å². The summed E-state index contributed by atoms with van der Waals surface area (Å²) in [6.45, 7) is 10.6. The molecule has 2 aromatic rings. The first kappa shape index (κ1) is 22.2. The van der Waals surface area contributed by atoms with Gasteiger partial charge in [-0.1, -0.05) is 19.1 Å². The zero-order valence-electron chi connectivity index (χ0n) is 19.1. The van der Waals surface area contributed by atoms with E-state index in [9.17, 15) is 0 Å². The van der Waals surface area contributed by atoms with Gasteiger partial charge in [0.25, 0.3) is 0 Å². The zero-order chi connectivity index (χ0) is 21.5. The molecule has 0 radical (unpaired) electrons. The minimum atomic E-state index is 0.386. The topological polar surface area (TPSA) is 44.7 Å². The number of hydrogen-bond donors (Lipinski definition) is 0. The number of likely N-dealkylation sites (tertiary alicyclic amines) is 2. The lowest BCUT2D eigenvalue weighted by atomic mass is 9.93. The molecule has 0 bridgehead atoms. The van der Waals surface area contributed by atoms with E-state index in [1.165, 1.54) is 64.0 Å². The summed E-state index contributed by atoms with van der Waals surface area (Å²) in [6.07, 6.45) is 8.75. The highest BCUT2D eigenvalue weighted by atomic mass is 16.5. The average molecular weight is 424 g/mol. The van der Waals surface area contributed by atoms with Gasteiger partial charge in [0.15, 0.2) is 0 Å². The second kappa shape index (κ2) is 11.0. The van der Waals surface area contributed by atoms with E-state index in [1.54, 1.807) is 18.5 Å². The molecule has 1 aromatic heterocycles. The predicted octanol–water partition coefficient (Wildman–Crippen LogP) is 3.90. The standard InChI is InChI=1S/C25H37N5O/c1-3-29(19-21-5-7-24(8-6-21)31-25-26-13-4-14-27-25)20-22-9-17-30(18-10-22)23-11-15-28(2)16-12-23/h4-8,13-14,22-23H,3,9-12,15-20H2,1-2H3. The highest BCUT2D eigenvalue weighted by molar-refractivity contribution is 5.29. The molecule has 0 spiro atoms. The molecule has 3 heterocycles. The van der Waals surface area contributed by atoms with Crippen molar-refractivity contribution in [1.29, 1.82) is 0 Å². The average Bonchev–Trinajstić information content (AvgIpc) is 2.81. The summed E-state index contributed by atoms with van der Waals surface area (Å²) >= 11 is 0. The Labute approximate surface area is 187 Å². The zero-order valence-corrected chi connectivity index (χ0v) is 19.1. The SMILES string of the molecule is CCN(Cc1ccc(Oc2ncccn2)cc1)CC1CCN(C2CCN(C)CC2)CC1. The van der Waals surface area contributed by atoms with E-state index in [0.717, 1.165) is 30.8 Å². The fraction of sp³-hybridized carbons (Fsp3) is 0.600. The highest BCUT2D eigenvalue weighted by Gasteiger charge is 2.27. The molecule has 0 saturated carbocycles. The summed E-state index contributed by atoms with van der Waals surface area (Å²) in [7, 11) is 2.25.